The Morgan fingerprint density at radius 1 is 0.969 bits per heavy atom. The van der Waals surface area contributed by atoms with Gasteiger partial charge in [-0.1, -0.05) is 30.3 Å². The summed E-state index contributed by atoms with van der Waals surface area (Å²) in [6.45, 7) is 8.58. The van der Waals surface area contributed by atoms with Gasteiger partial charge in [0.25, 0.3) is 0 Å². The number of esters is 2. The van der Waals surface area contributed by atoms with Gasteiger partial charge in [-0.2, -0.15) is 0 Å². The first kappa shape index (κ1) is 23.5. The van der Waals surface area contributed by atoms with Crippen LogP contribution in [-0.4, -0.2) is 71.7 Å². The number of piperazine rings is 1. The number of anilines is 1. The van der Waals surface area contributed by atoms with E-state index >= 15 is 0 Å². The summed E-state index contributed by atoms with van der Waals surface area (Å²) in [5.74, 6) is 0.311. The third kappa shape index (κ3) is 7.81. The molecular weight excluding hydrogens is 412 g/mol. The van der Waals surface area contributed by atoms with Crippen molar-refractivity contribution >= 4 is 17.9 Å². The molecule has 1 saturated heterocycles. The molecule has 32 heavy (non-hydrogen) atoms. The molecule has 172 valence electrons. The van der Waals surface area contributed by atoms with Crippen molar-refractivity contribution < 1.29 is 23.8 Å². The average Bonchev–Trinajstić information content (AvgIpc) is 2.77. The Morgan fingerprint density at radius 2 is 1.62 bits per heavy atom. The molecule has 0 spiro atoms. The second-order valence-corrected chi connectivity index (χ2v) is 8.50. The third-order valence-corrected chi connectivity index (χ3v) is 4.64. The minimum Gasteiger partial charge on any atom is -0.479 e. The lowest BCUT2D eigenvalue weighted by Crippen LogP contribution is -2.48. The van der Waals surface area contributed by atoms with Crippen LogP contribution in [0.25, 0.3) is 0 Å². The molecule has 0 saturated carbocycles. The molecule has 1 aliphatic heterocycles. The van der Waals surface area contributed by atoms with Crippen LogP contribution in [0.15, 0.2) is 42.7 Å². The van der Waals surface area contributed by atoms with Gasteiger partial charge in [-0.3, -0.25) is 9.69 Å². The lowest BCUT2D eigenvalue weighted by Gasteiger charge is -2.34. The zero-order valence-corrected chi connectivity index (χ0v) is 18.8. The molecule has 0 N–H and O–H groups in total. The first-order valence-corrected chi connectivity index (χ1v) is 10.6. The van der Waals surface area contributed by atoms with Crippen molar-refractivity contribution in [3.8, 4) is 5.75 Å². The van der Waals surface area contributed by atoms with E-state index in [1.807, 2.05) is 35.2 Å². The van der Waals surface area contributed by atoms with Gasteiger partial charge in [0, 0.05) is 26.2 Å². The Balaban J connectivity index is 1.38. The summed E-state index contributed by atoms with van der Waals surface area (Å²) in [6, 6.07) is 9.63. The van der Waals surface area contributed by atoms with Gasteiger partial charge in [0.1, 0.15) is 12.2 Å². The maximum atomic E-state index is 12.1. The van der Waals surface area contributed by atoms with Gasteiger partial charge in [-0.05, 0) is 26.3 Å². The summed E-state index contributed by atoms with van der Waals surface area (Å²) in [6.07, 6.45) is 3.08. The van der Waals surface area contributed by atoms with E-state index in [-0.39, 0.29) is 25.7 Å². The SMILES string of the molecule is CC(C)(C)OC(=O)COc1cnc(N2CCN(CC(=O)OCc3ccccc3)CC2)nc1. The van der Waals surface area contributed by atoms with Crippen LogP contribution in [-0.2, 0) is 25.7 Å². The quantitative estimate of drug-likeness (QED) is 0.569. The molecule has 3 rings (SSSR count). The van der Waals surface area contributed by atoms with Crippen LogP contribution in [0.5, 0.6) is 5.75 Å². The van der Waals surface area contributed by atoms with Crippen LogP contribution in [0, 0.1) is 0 Å². The highest BCUT2D eigenvalue weighted by molar-refractivity contribution is 5.72. The van der Waals surface area contributed by atoms with Crippen molar-refractivity contribution in [1.82, 2.24) is 14.9 Å². The zero-order valence-electron chi connectivity index (χ0n) is 18.8. The summed E-state index contributed by atoms with van der Waals surface area (Å²) < 4.78 is 16.0. The summed E-state index contributed by atoms with van der Waals surface area (Å²) >= 11 is 0. The number of hydrogen-bond donors (Lipinski definition) is 0. The second kappa shape index (κ2) is 10.9. The standard InChI is InChI=1S/C23H30N4O5/c1-23(2,3)32-21(29)17-30-19-13-24-22(25-14-19)27-11-9-26(10-12-27)15-20(28)31-16-18-7-5-4-6-8-18/h4-8,13-14H,9-12,15-17H2,1-3H3. The van der Waals surface area contributed by atoms with Crippen molar-refractivity contribution in [2.75, 3.05) is 44.2 Å². The maximum absolute atomic E-state index is 12.1. The largest absolute Gasteiger partial charge is 0.479 e. The van der Waals surface area contributed by atoms with Crippen molar-refractivity contribution in [3.63, 3.8) is 0 Å². The second-order valence-electron chi connectivity index (χ2n) is 8.50. The Morgan fingerprint density at radius 3 is 2.25 bits per heavy atom. The van der Waals surface area contributed by atoms with Gasteiger partial charge in [0.15, 0.2) is 12.4 Å². The molecule has 1 aromatic heterocycles. The van der Waals surface area contributed by atoms with E-state index in [2.05, 4.69) is 14.9 Å². The van der Waals surface area contributed by atoms with E-state index in [4.69, 9.17) is 14.2 Å². The number of rotatable bonds is 8. The fourth-order valence-corrected chi connectivity index (χ4v) is 3.13. The van der Waals surface area contributed by atoms with Crippen LogP contribution in [0.1, 0.15) is 26.3 Å². The van der Waals surface area contributed by atoms with E-state index in [1.54, 1.807) is 33.2 Å². The van der Waals surface area contributed by atoms with Gasteiger partial charge in [-0.15, -0.1) is 0 Å². The highest BCUT2D eigenvalue weighted by Crippen LogP contribution is 2.15. The molecular formula is C23H30N4O5. The van der Waals surface area contributed by atoms with E-state index in [0.717, 1.165) is 5.56 Å². The predicted molar refractivity (Wildman–Crippen MR) is 118 cm³/mol. The number of benzene rings is 1. The molecule has 0 unspecified atom stereocenters. The maximum Gasteiger partial charge on any atom is 0.344 e. The summed E-state index contributed by atoms with van der Waals surface area (Å²) in [5, 5.41) is 0. The van der Waals surface area contributed by atoms with Crippen LogP contribution in [0.4, 0.5) is 5.95 Å². The molecule has 1 fully saturated rings. The number of carbonyl (C=O) groups is 2. The van der Waals surface area contributed by atoms with Gasteiger partial charge in [-0.25, -0.2) is 14.8 Å². The number of ether oxygens (including phenoxy) is 3. The van der Waals surface area contributed by atoms with Gasteiger partial charge in [0.2, 0.25) is 5.95 Å². The molecule has 1 aromatic carbocycles. The predicted octanol–water partition coefficient (Wildman–Crippen LogP) is 2.06. The van der Waals surface area contributed by atoms with Crippen LogP contribution >= 0.6 is 0 Å². The lowest BCUT2D eigenvalue weighted by molar-refractivity contribution is -0.157. The van der Waals surface area contributed by atoms with Crippen LogP contribution in [0.3, 0.4) is 0 Å². The van der Waals surface area contributed by atoms with Crippen LogP contribution in [0.2, 0.25) is 0 Å². The molecule has 0 bridgehead atoms. The highest BCUT2D eigenvalue weighted by atomic mass is 16.6. The average molecular weight is 443 g/mol. The van der Waals surface area contributed by atoms with Gasteiger partial charge < -0.3 is 19.1 Å². The highest BCUT2D eigenvalue weighted by Gasteiger charge is 2.21. The number of nitrogens with zero attached hydrogens (tertiary/aromatic N) is 4. The Hall–Kier alpha value is -3.20. The molecule has 0 radical (unpaired) electrons. The molecule has 2 aromatic rings. The normalized spacial score (nSPS) is 14.7. The van der Waals surface area contributed by atoms with Gasteiger partial charge in [0.05, 0.1) is 18.9 Å². The number of hydrogen-bond acceptors (Lipinski definition) is 9. The molecule has 9 heteroatoms. The minimum absolute atomic E-state index is 0.195. The van der Waals surface area contributed by atoms with E-state index in [1.165, 1.54) is 0 Å². The number of aromatic nitrogens is 2. The Labute approximate surface area is 188 Å². The van der Waals surface area contributed by atoms with Crippen molar-refractivity contribution in [2.24, 2.45) is 0 Å². The number of carbonyl (C=O) groups excluding carboxylic acids is 2. The van der Waals surface area contributed by atoms with E-state index in [0.29, 0.717) is 37.9 Å². The fraction of sp³-hybridized carbons (Fsp3) is 0.478. The topological polar surface area (TPSA) is 94.1 Å². The third-order valence-electron chi connectivity index (χ3n) is 4.64. The summed E-state index contributed by atoms with van der Waals surface area (Å²) in [5.41, 5.74) is 0.419. The summed E-state index contributed by atoms with van der Waals surface area (Å²) in [7, 11) is 0. The van der Waals surface area contributed by atoms with E-state index in [9.17, 15) is 9.59 Å². The monoisotopic (exact) mass is 442 g/mol. The molecule has 1 aliphatic rings. The Kier molecular flexibility index (Phi) is 7.99. The zero-order chi connectivity index (χ0) is 23.0. The van der Waals surface area contributed by atoms with E-state index < -0.39 is 11.6 Å². The summed E-state index contributed by atoms with van der Waals surface area (Å²) in [4.78, 5) is 36.6. The van der Waals surface area contributed by atoms with Crippen LogP contribution < -0.4 is 9.64 Å². The van der Waals surface area contributed by atoms with Crippen molar-refractivity contribution in [3.05, 3.63) is 48.3 Å². The lowest BCUT2D eigenvalue weighted by atomic mass is 10.2. The smallest absolute Gasteiger partial charge is 0.344 e. The minimum atomic E-state index is -0.554. The molecule has 0 aliphatic carbocycles. The molecule has 0 amide bonds. The Bertz CT molecular complexity index is 876. The molecule has 0 atom stereocenters. The fourth-order valence-electron chi connectivity index (χ4n) is 3.13. The first-order valence-electron chi connectivity index (χ1n) is 10.6. The molecule has 9 nitrogen and oxygen atoms in total. The van der Waals surface area contributed by atoms with Crippen molar-refractivity contribution in [1.29, 1.82) is 0 Å². The molecule has 2 heterocycles. The first-order chi connectivity index (χ1) is 15.3. The van der Waals surface area contributed by atoms with Gasteiger partial charge >= 0.3 is 11.9 Å². The van der Waals surface area contributed by atoms with Crippen molar-refractivity contribution in [2.45, 2.75) is 33.0 Å².